The van der Waals surface area contributed by atoms with Crippen molar-refractivity contribution in [3.8, 4) is 0 Å². The van der Waals surface area contributed by atoms with Crippen LogP contribution in [0.1, 0.15) is 44.8 Å². The third-order valence-corrected chi connectivity index (χ3v) is 5.01. The van der Waals surface area contributed by atoms with Crippen molar-refractivity contribution in [2.75, 3.05) is 26.2 Å². The number of aromatic nitrogens is 2. The van der Waals surface area contributed by atoms with Crippen molar-refractivity contribution >= 4 is 17.6 Å². The van der Waals surface area contributed by atoms with E-state index in [-0.39, 0.29) is 18.4 Å². The number of nitrogens with one attached hydrogen (secondary N) is 2. The highest BCUT2D eigenvalue weighted by Gasteiger charge is 2.20. The van der Waals surface area contributed by atoms with Crippen LogP contribution in [0.3, 0.4) is 0 Å². The summed E-state index contributed by atoms with van der Waals surface area (Å²) in [5.41, 5.74) is 1.04. The number of imidazole rings is 1. The van der Waals surface area contributed by atoms with E-state index < -0.39 is 6.55 Å². The van der Waals surface area contributed by atoms with Gasteiger partial charge in [0.2, 0.25) is 0 Å². The molecule has 0 aliphatic heterocycles. The zero-order valence-corrected chi connectivity index (χ0v) is 17.8. The number of alkyl halides is 2. The molecule has 160 valence electrons. The molecule has 0 fully saturated rings. The highest BCUT2D eigenvalue weighted by Crippen LogP contribution is 2.27. The molecule has 1 atom stereocenters. The van der Waals surface area contributed by atoms with E-state index in [0.717, 1.165) is 23.2 Å². The van der Waals surface area contributed by atoms with E-state index in [2.05, 4.69) is 39.4 Å². The minimum absolute atomic E-state index is 0.0469. The van der Waals surface area contributed by atoms with Crippen LogP contribution in [-0.2, 0) is 6.54 Å². The van der Waals surface area contributed by atoms with E-state index in [9.17, 15) is 8.78 Å². The maximum absolute atomic E-state index is 13.0. The van der Waals surface area contributed by atoms with Gasteiger partial charge >= 0.3 is 6.55 Å². The lowest BCUT2D eigenvalue weighted by atomic mass is 10.0. The predicted molar refractivity (Wildman–Crippen MR) is 113 cm³/mol. The molecule has 1 unspecified atom stereocenters. The zero-order valence-electron chi connectivity index (χ0n) is 17.1. The average Bonchev–Trinajstić information content (AvgIpc) is 3.19. The van der Waals surface area contributed by atoms with E-state index in [1.165, 1.54) is 12.4 Å². The van der Waals surface area contributed by atoms with Crippen LogP contribution < -0.4 is 10.6 Å². The average molecular weight is 427 g/mol. The van der Waals surface area contributed by atoms with Gasteiger partial charge in [-0.15, -0.1) is 0 Å². The molecule has 1 heterocycles. The maximum atomic E-state index is 13.0. The number of likely N-dealkylation sites (N-methyl/N-ethyl adjacent to an activating group) is 1. The van der Waals surface area contributed by atoms with E-state index >= 15 is 0 Å². The Labute approximate surface area is 176 Å². The van der Waals surface area contributed by atoms with Crippen LogP contribution >= 0.6 is 11.6 Å². The van der Waals surface area contributed by atoms with Crippen LogP contribution in [0, 0.1) is 0 Å². The molecule has 2 rings (SSSR count). The first-order valence-corrected chi connectivity index (χ1v) is 10.2. The quantitative estimate of drug-likeness (QED) is 0.444. The van der Waals surface area contributed by atoms with Crippen LogP contribution in [-0.4, -0.2) is 46.6 Å². The molecule has 0 bridgehead atoms. The molecular weight excluding hydrogens is 398 g/mol. The second-order valence-corrected chi connectivity index (χ2v) is 6.77. The number of hydrogen-bond donors (Lipinski definition) is 2. The summed E-state index contributed by atoms with van der Waals surface area (Å²) in [6.45, 7) is 6.54. The van der Waals surface area contributed by atoms with Crippen LogP contribution in [0.25, 0.3) is 0 Å². The second kappa shape index (κ2) is 11.7. The Bertz CT molecular complexity index is 776. The fourth-order valence-corrected chi connectivity index (χ4v) is 3.44. The first-order valence-electron chi connectivity index (χ1n) is 9.82. The predicted octanol–water partition coefficient (Wildman–Crippen LogP) is 4.07. The number of benzene rings is 1. The molecule has 0 aliphatic rings. The molecular formula is C20H29ClF2N6. The maximum Gasteiger partial charge on any atom is 0.319 e. The van der Waals surface area contributed by atoms with E-state index in [4.69, 9.17) is 11.6 Å². The lowest BCUT2D eigenvalue weighted by molar-refractivity contribution is 0.0671. The molecule has 1 aromatic heterocycles. The molecule has 0 amide bonds. The topological polar surface area (TPSA) is 57.5 Å². The smallest absolute Gasteiger partial charge is 0.319 e. The van der Waals surface area contributed by atoms with E-state index in [1.54, 1.807) is 0 Å². The van der Waals surface area contributed by atoms with Crippen molar-refractivity contribution in [1.82, 2.24) is 25.1 Å². The molecule has 29 heavy (non-hydrogen) atoms. The van der Waals surface area contributed by atoms with Crippen molar-refractivity contribution < 1.29 is 8.78 Å². The fraction of sp³-hybridized carbons (Fsp3) is 0.500. The molecule has 2 aromatic rings. The van der Waals surface area contributed by atoms with Crippen LogP contribution in [0.15, 0.2) is 41.7 Å². The molecule has 0 saturated carbocycles. The van der Waals surface area contributed by atoms with Crippen LogP contribution in [0.5, 0.6) is 0 Å². The highest BCUT2D eigenvalue weighted by molar-refractivity contribution is 6.31. The number of rotatable bonds is 10. The Kier molecular flexibility index (Phi) is 9.34. The van der Waals surface area contributed by atoms with Gasteiger partial charge in [0.05, 0.1) is 6.04 Å². The first-order chi connectivity index (χ1) is 14.0. The highest BCUT2D eigenvalue weighted by atomic mass is 35.5. The minimum atomic E-state index is -2.63. The van der Waals surface area contributed by atoms with Crippen LogP contribution in [0.2, 0.25) is 5.02 Å². The molecule has 0 saturated heterocycles. The summed E-state index contributed by atoms with van der Waals surface area (Å²) >= 11 is 6.45. The van der Waals surface area contributed by atoms with Crippen molar-refractivity contribution in [3.63, 3.8) is 0 Å². The lowest BCUT2D eigenvalue weighted by Crippen LogP contribution is -2.43. The Morgan fingerprint density at radius 1 is 1.21 bits per heavy atom. The normalized spacial score (nSPS) is 13.2. The second-order valence-electron chi connectivity index (χ2n) is 6.36. The number of guanidine groups is 1. The van der Waals surface area contributed by atoms with Gasteiger partial charge in [-0.2, -0.15) is 8.78 Å². The zero-order chi connectivity index (χ0) is 21.2. The Hall–Kier alpha value is -2.19. The Morgan fingerprint density at radius 2 is 1.93 bits per heavy atom. The van der Waals surface area contributed by atoms with E-state index in [1.807, 2.05) is 31.2 Å². The summed E-state index contributed by atoms with van der Waals surface area (Å²) in [4.78, 5) is 10.7. The van der Waals surface area contributed by atoms with Gasteiger partial charge in [0.25, 0.3) is 0 Å². The van der Waals surface area contributed by atoms with Crippen molar-refractivity contribution in [1.29, 1.82) is 0 Å². The fourth-order valence-electron chi connectivity index (χ4n) is 3.17. The van der Waals surface area contributed by atoms with Gasteiger partial charge in [0, 0.05) is 30.5 Å². The summed E-state index contributed by atoms with van der Waals surface area (Å²) < 4.78 is 26.8. The number of hydrogen-bond acceptors (Lipinski definition) is 3. The van der Waals surface area contributed by atoms with E-state index in [0.29, 0.717) is 24.1 Å². The van der Waals surface area contributed by atoms with Gasteiger partial charge in [-0.3, -0.25) is 9.47 Å². The van der Waals surface area contributed by atoms with Gasteiger partial charge in [-0.1, -0.05) is 43.6 Å². The summed E-state index contributed by atoms with van der Waals surface area (Å²) in [5.74, 6) is 0.754. The largest absolute Gasteiger partial charge is 0.357 e. The standard InChI is InChI=1S/C20H29ClF2N6/c1-4-24-20(27-14-18-25-11-12-29(18)19(22)23)26-13-17(28(5-2)6-3)15-9-7-8-10-16(15)21/h7-12,17,19H,4-6,13-14H2,1-3H3,(H2,24,26,27). The molecule has 1 aromatic carbocycles. The van der Waals surface area contributed by atoms with Gasteiger partial charge in [0.1, 0.15) is 12.4 Å². The molecule has 2 N–H and O–H groups in total. The summed E-state index contributed by atoms with van der Waals surface area (Å²) in [7, 11) is 0. The summed E-state index contributed by atoms with van der Waals surface area (Å²) in [6.07, 6.45) is 2.61. The van der Waals surface area contributed by atoms with Gasteiger partial charge in [0.15, 0.2) is 5.96 Å². The SMILES string of the molecule is CCNC(=NCc1nccn1C(F)F)NCC(c1ccccc1Cl)N(CC)CC. The molecule has 0 radical (unpaired) electrons. The third-order valence-electron chi connectivity index (χ3n) is 4.66. The summed E-state index contributed by atoms with van der Waals surface area (Å²) in [6, 6.07) is 7.84. The van der Waals surface area contributed by atoms with Gasteiger partial charge in [-0.25, -0.2) is 9.98 Å². The van der Waals surface area contributed by atoms with Crippen molar-refractivity contribution in [3.05, 3.63) is 53.1 Å². The molecule has 9 heteroatoms. The molecule has 0 aliphatic carbocycles. The molecule has 6 nitrogen and oxygen atoms in total. The lowest BCUT2D eigenvalue weighted by Gasteiger charge is -2.31. The monoisotopic (exact) mass is 426 g/mol. The van der Waals surface area contributed by atoms with Gasteiger partial charge in [-0.05, 0) is 31.6 Å². The first kappa shape index (κ1) is 23.1. The van der Waals surface area contributed by atoms with Crippen molar-refractivity contribution in [2.24, 2.45) is 4.99 Å². The minimum Gasteiger partial charge on any atom is -0.357 e. The third kappa shape index (κ3) is 6.40. The van der Waals surface area contributed by atoms with Crippen molar-refractivity contribution in [2.45, 2.75) is 39.9 Å². The van der Waals surface area contributed by atoms with Gasteiger partial charge < -0.3 is 10.6 Å². The Morgan fingerprint density at radius 3 is 2.55 bits per heavy atom. The van der Waals surface area contributed by atoms with Crippen LogP contribution in [0.4, 0.5) is 8.78 Å². The Balaban J connectivity index is 2.16. The number of halogens is 3. The number of aliphatic imine (C=N–C) groups is 1. The summed E-state index contributed by atoms with van der Waals surface area (Å²) in [5, 5.41) is 7.19. The number of nitrogens with zero attached hydrogens (tertiary/aromatic N) is 4. The molecule has 0 spiro atoms.